The highest BCUT2D eigenvalue weighted by Crippen LogP contribution is 2.22. The molecule has 15 nitrogen and oxygen atoms in total. The van der Waals surface area contributed by atoms with E-state index >= 15 is 0 Å². The molecule has 0 amide bonds. The number of hydrogen-bond acceptors (Lipinski definition) is 18. The molecule has 2 aromatic rings. The van der Waals surface area contributed by atoms with Crippen LogP contribution in [-0.4, -0.2) is 187 Å². The van der Waals surface area contributed by atoms with Crippen LogP contribution in [0.25, 0.3) is 0 Å². The second kappa shape index (κ2) is 54.6. The number of benzene rings is 2. The summed E-state index contributed by atoms with van der Waals surface area (Å²) < 4.78 is 64.3. The minimum atomic E-state index is 0.0191. The highest BCUT2D eigenvalue weighted by atomic mass is 79.9. The number of Topliss-reactive ketones (excluding diaryl/α,β-unsaturated/α-hetero) is 3. The molecule has 0 saturated heterocycles. The second-order valence-electron chi connectivity index (χ2n) is 15.5. The zero-order valence-electron chi connectivity index (χ0n) is 43.7. The van der Waals surface area contributed by atoms with E-state index in [1.165, 1.54) is 48.6 Å². The number of halogens is 2. The van der Waals surface area contributed by atoms with Crippen LogP contribution in [0.5, 0.6) is 5.75 Å². The van der Waals surface area contributed by atoms with Crippen LogP contribution in [0, 0.1) is 0 Å². The maximum absolute atomic E-state index is 10.8. The maximum Gasteiger partial charge on any atom is 0.155 e. The molecule has 0 aromatic heterocycles. The van der Waals surface area contributed by atoms with Crippen LogP contribution in [0.15, 0.2) is 36.4 Å². The number of thiol groups is 1. The van der Waals surface area contributed by atoms with Crippen molar-refractivity contribution in [2.75, 3.05) is 169 Å². The third-order valence-corrected chi connectivity index (χ3v) is 12.2. The number of thioether (sulfide) groups is 2. The first-order valence-corrected chi connectivity index (χ1v) is 29.9. The van der Waals surface area contributed by atoms with Gasteiger partial charge in [0.15, 0.2) is 17.3 Å². The topological polar surface area (TPSA) is 162 Å². The largest absolute Gasteiger partial charge is 0.491 e. The maximum atomic E-state index is 10.8. The van der Waals surface area contributed by atoms with Gasteiger partial charge in [-0.25, -0.2) is 0 Å². The van der Waals surface area contributed by atoms with Crippen molar-refractivity contribution in [1.82, 2.24) is 0 Å². The molecule has 0 saturated carbocycles. The van der Waals surface area contributed by atoms with Crippen molar-refractivity contribution in [1.29, 1.82) is 0 Å². The van der Waals surface area contributed by atoms with Gasteiger partial charge in [-0.05, 0) is 87.4 Å². The van der Waals surface area contributed by atoms with Gasteiger partial charge in [-0.15, -0.1) is 0 Å². The average molecular weight is 1210 g/mol. The number of hydrogen-bond donors (Lipinski definition) is 1. The average Bonchev–Trinajstić information content (AvgIpc) is 3.36. The molecule has 0 spiro atoms. The lowest BCUT2D eigenvalue weighted by Crippen LogP contribution is -2.12. The van der Waals surface area contributed by atoms with Gasteiger partial charge in [-0.2, -0.15) is 36.2 Å². The summed E-state index contributed by atoms with van der Waals surface area (Å²) in [6.45, 7) is 20.5. The van der Waals surface area contributed by atoms with E-state index in [-0.39, 0.29) is 37.2 Å². The summed E-state index contributed by atoms with van der Waals surface area (Å²) in [6.07, 6.45) is 2.04. The van der Waals surface area contributed by atoms with Gasteiger partial charge in [0.25, 0.3) is 0 Å². The highest BCUT2D eigenvalue weighted by Gasteiger charge is 2.06. The van der Waals surface area contributed by atoms with E-state index < -0.39 is 0 Å². The molecule has 0 N–H and O–H groups in total. The number of aryl methyl sites for hydroxylation is 1. The Bertz CT molecular complexity index is 1510. The van der Waals surface area contributed by atoms with E-state index in [0.717, 1.165) is 77.8 Å². The molecule has 2 rings (SSSR count). The highest BCUT2D eigenvalue weighted by molar-refractivity contribution is 9.08. The summed E-state index contributed by atoms with van der Waals surface area (Å²) in [5.41, 5.74) is 6.51. The second-order valence-corrected chi connectivity index (χ2v) is 19.3. The van der Waals surface area contributed by atoms with Crippen molar-refractivity contribution in [3.05, 3.63) is 64.2 Å². The van der Waals surface area contributed by atoms with Gasteiger partial charge in [0, 0.05) is 59.2 Å². The third-order valence-electron chi connectivity index (χ3n) is 8.77. The number of ketones is 3. The molecule has 2 aromatic carbocycles. The quantitative estimate of drug-likeness (QED) is 0.0380. The smallest absolute Gasteiger partial charge is 0.155 e. The molecule has 0 aliphatic heterocycles. The van der Waals surface area contributed by atoms with Gasteiger partial charge in [0.05, 0.1) is 106 Å². The van der Waals surface area contributed by atoms with E-state index in [1.807, 2.05) is 49.5 Å². The molecule has 0 heterocycles. The molecule has 0 bridgehead atoms. The summed E-state index contributed by atoms with van der Waals surface area (Å²) in [5, 5.41) is 1.69. The van der Waals surface area contributed by atoms with Gasteiger partial charge in [0.2, 0.25) is 0 Å². The van der Waals surface area contributed by atoms with Crippen molar-refractivity contribution < 1.29 is 71.2 Å². The predicted molar refractivity (Wildman–Crippen MR) is 301 cm³/mol. The zero-order chi connectivity index (χ0) is 53.0. The van der Waals surface area contributed by atoms with Crippen LogP contribution >= 0.6 is 68.0 Å². The lowest BCUT2D eigenvalue weighted by molar-refractivity contribution is -0.122. The molecule has 0 fully saturated rings. The van der Waals surface area contributed by atoms with Gasteiger partial charge >= 0.3 is 0 Å². The molecule has 0 unspecified atom stereocenters. The monoisotopic (exact) mass is 1200 g/mol. The number of alkyl halides is 2. The molecule has 0 atom stereocenters. The molecule has 416 valence electrons. The Morgan fingerprint density at radius 2 is 0.778 bits per heavy atom. The van der Waals surface area contributed by atoms with Crippen molar-refractivity contribution in [2.24, 2.45) is 0 Å². The fourth-order valence-corrected chi connectivity index (χ4v) is 7.99. The van der Waals surface area contributed by atoms with E-state index in [4.69, 9.17) is 56.8 Å². The van der Waals surface area contributed by atoms with E-state index in [1.54, 1.807) is 0 Å². The van der Waals surface area contributed by atoms with Crippen LogP contribution in [0.4, 0.5) is 0 Å². The number of carbonyl (C=O) groups excluding carboxylic acids is 3. The first-order chi connectivity index (χ1) is 35.1. The first-order valence-electron chi connectivity index (χ1n) is 24.7. The molecule has 72 heavy (non-hydrogen) atoms. The van der Waals surface area contributed by atoms with Crippen molar-refractivity contribution in [3.8, 4) is 5.75 Å². The summed E-state index contributed by atoms with van der Waals surface area (Å²) in [7, 11) is 0. The van der Waals surface area contributed by atoms with E-state index in [2.05, 4.69) is 68.8 Å². The molecule has 0 aliphatic rings. The lowest BCUT2D eigenvalue weighted by atomic mass is 10.0. The summed E-state index contributed by atoms with van der Waals surface area (Å²) in [4.78, 5) is 32.1. The fraction of sp³-hybridized carbons (Fsp3) is 0.712. The Hall–Kier alpha value is -1.18. The van der Waals surface area contributed by atoms with Crippen LogP contribution in [0.3, 0.4) is 0 Å². The Labute approximate surface area is 462 Å². The van der Waals surface area contributed by atoms with Gasteiger partial charge in [-0.3, -0.25) is 14.4 Å². The van der Waals surface area contributed by atoms with Gasteiger partial charge < -0.3 is 56.8 Å². The van der Waals surface area contributed by atoms with Crippen LogP contribution in [-0.2, 0) is 95.1 Å². The normalized spacial score (nSPS) is 10.9. The van der Waals surface area contributed by atoms with Gasteiger partial charge in [0.1, 0.15) is 32.2 Å². The number of ether oxygens (including phenoxy) is 12. The summed E-state index contributed by atoms with van der Waals surface area (Å²) in [6, 6.07) is 13.2. The van der Waals surface area contributed by atoms with E-state index in [9.17, 15) is 14.4 Å². The van der Waals surface area contributed by atoms with Crippen LogP contribution in [0.2, 0.25) is 0 Å². The molecular formula is C52H86Br2O15S3. The summed E-state index contributed by atoms with van der Waals surface area (Å²) >= 11 is 14.7. The Morgan fingerprint density at radius 3 is 1.17 bits per heavy atom. The fourth-order valence-electron chi connectivity index (χ4n) is 5.65. The third kappa shape index (κ3) is 49.7. The SMILES string of the molecule is CC(=O)COCCOCCOCCS.CCOCCCc1cc(CSCCOCCOCCOCC(C)=O)cc(CSCCOCCOCCOCC(C)=O)c1.CCOCCOc1cc(CBr)cc(CBr)c1. The minimum absolute atomic E-state index is 0.0191. The predicted octanol–water partition coefficient (Wildman–Crippen LogP) is 8.85. The van der Waals surface area contributed by atoms with Crippen molar-refractivity contribution in [2.45, 2.75) is 69.6 Å². The van der Waals surface area contributed by atoms with Crippen molar-refractivity contribution >= 4 is 85.4 Å². The van der Waals surface area contributed by atoms with Crippen molar-refractivity contribution in [3.63, 3.8) is 0 Å². The van der Waals surface area contributed by atoms with Gasteiger partial charge in [-0.1, -0.05) is 56.1 Å². The Morgan fingerprint density at radius 1 is 0.431 bits per heavy atom. The Balaban J connectivity index is 0.00000136. The standard InChI is InChI=1S/C31H52O9S2.C12H16Br2O2.C9H18O4S/c1-4-34-7-5-6-29-20-30(25-41-18-16-37-10-8-35-12-14-39-23-27(2)32)22-31(21-29)26-42-19-17-38-11-9-36-13-15-40-24-28(3)33;1-2-15-3-4-16-12-6-10(8-13)5-11(7-12)9-14;1-9(10)8-13-5-4-11-2-3-12-6-7-14/h20-22H,4-19,23-26H2,1-3H3;5-7H,2-4,8-9H2,1H3;14H,2-8H2,1H3. The first kappa shape index (κ1) is 70.8. The molecular weight excluding hydrogens is 1120 g/mol. The van der Waals surface area contributed by atoms with Crippen LogP contribution in [0.1, 0.15) is 68.9 Å². The minimum Gasteiger partial charge on any atom is -0.491 e. The number of rotatable bonds is 48. The zero-order valence-corrected chi connectivity index (χ0v) is 49.4. The molecule has 20 heteroatoms. The molecule has 0 aliphatic carbocycles. The number of carbonyl (C=O) groups is 3. The Kier molecular flexibility index (Phi) is 53.7. The van der Waals surface area contributed by atoms with E-state index in [0.29, 0.717) is 112 Å². The van der Waals surface area contributed by atoms with Crippen LogP contribution < -0.4 is 4.74 Å². The lowest BCUT2D eigenvalue weighted by Gasteiger charge is -2.11. The summed E-state index contributed by atoms with van der Waals surface area (Å²) in [5.74, 6) is 5.45. The molecule has 0 radical (unpaired) electrons.